The Morgan fingerprint density at radius 3 is 2.66 bits per heavy atom. The van der Waals surface area contributed by atoms with E-state index in [4.69, 9.17) is 25.9 Å². The topological polar surface area (TPSA) is 90.5 Å². The van der Waals surface area contributed by atoms with E-state index >= 15 is 0 Å². The molecule has 5 aromatic rings. The van der Waals surface area contributed by atoms with E-state index in [1.165, 1.54) is 17.5 Å². The molecule has 0 saturated heterocycles. The van der Waals surface area contributed by atoms with Crippen LogP contribution in [0, 0.1) is 12.8 Å². The summed E-state index contributed by atoms with van der Waals surface area (Å²) < 4.78 is 12.9. The second kappa shape index (κ2) is 10.5. The molecule has 204 valence electrons. The second-order valence-corrected chi connectivity index (χ2v) is 12.0. The van der Waals surface area contributed by atoms with E-state index in [2.05, 4.69) is 4.98 Å². The number of aryl methyl sites for hydroxylation is 1. The molecule has 1 amide bonds. The lowest BCUT2D eigenvalue weighted by Crippen LogP contribution is -2.55. The average Bonchev–Trinajstić information content (AvgIpc) is 3.67. The summed E-state index contributed by atoms with van der Waals surface area (Å²) >= 11 is 6.32. The van der Waals surface area contributed by atoms with Crippen LogP contribution in [0.15, 0.2) is 69.9 Å². The van der Waals surface area contributed by atoms with Crippen molar-refractivity contribution in [2.75, 3.05) is 11.5 Å². The number of carbonyl (C=O) groups excluding carboxylic acids is 1. The quantitative estimate of drug-likeness (QED) is 0.269. The summed E-state index contributed by atoms with van der Waals surface area (Å²) in [5, 5.41) is 5.75. The summed E-state index contributed by atoms with van der Waals surface area (Å²) in [5.41, 5.74) is 2.88. The number of hydrogen-bond acceptors (Lipinski definition) is 6. The zero-order valence-electron chi connectivity index (χ0n) is 23.5. The van der Waals surface area contributed by atoms with Gasteiger partial charge in [0.2, 0.25) is 5.91 Å². The van der Waals surface area contributed by atoms with Crippen molar-refractivity contribution in [3.8, 4) is 17.0 Å². The average molecular weight is 564 g/mol. The van der Waals surface area contributed by atoms with Gasteiger partial charge in [-0.1, -0.05) is 23.7 Å². The van der Waals surface area contributed by atoms with E-state index in [9.17, 15) is 9.59 Å². The summed E-state index contributed by atoms with van der Waals surface area (Å²) in [6.07, 6.45) is 2.33. The maximum absolute atomic E-state index is 14.0. The van der Waals surface area contributed by atoms with Crippen LogP contribution in [0.1, 0.15) is 18.7 Å². The van der Waals surface area contributed by atoms with Crippen molar-refractivity contribution in [3.05, 3.63) is 81.9 Å². The van der Waals surface area contributed by atoms with Gasteiger partial charge in [0.15, 0.2) is 11.5 Å². The summed E-state index contributed by atoms with van der Waals surface area (Å²) in [6, 6.07) is 18.2. The van der Waals surface area contributed by atoms with Crippen molar-refractivity contribution in [2.24, 2.45) is 5.92 Å². The van der Waals surface area contributed by atoms with Crippen LogP contribution in [0.4, 0.5) is 5.69 Å². The third-order valence-electron chi connectivity index (χ3n) is 7.15. The standard InChI is InChI=1S/C29H28B3ClN4O4/c1-16-34-24-10-7-20(12-25(24)41-16)37(29(30,31)32)26(38)14-36-28(39)23-13-21(40-15-17-5-6-17)8-9-22(23)27(35-36)18-3-2-4-19(33)11-18/h2-4,7-13,17H,5-6,14-15,30-32H2,1H3. The third kappa shape index (κ3) is 5.64. The lowest BCUT2D eigenvalue weighted by atomic mass is 9.48. The number of aromatic nitrogens is 3. The number of nitrogens with zero attached hydrogens (tertiary/aromatic N) is 4. The Hall–Kier alpha value is -3.98. The molecule has 8 nitrogen and oxygen atoms in total. The predicted molar refractivity (Wildman–Crippen MR) is 169 cm³/mol. The summed E-state index contributed by atoms with van der Waals surface area (Å²) in [4.78, 5) is 33.8. The molecule has 41 heavy (non-hydrogen) atoms. The number of carbonyl (C=O) groups is 1. The van der Waals surface area contributed by atoms with Crippen LogP contribution in [-0.4, -0.2) is 56.1 Å². The Labute approximate surface area is 244 Å². The molecule has 0 aliphatic heterocycles. The number of anilines is 1. The van der Waals surface area contributed by atoms with Crippen LogP contribution in [0.2, 0.25) is 5.02 Å². The fourth-order valence-corrected chi connectivity index (χ4v) is 5.27. The maximum atomic E-state index is 14.0. The fourth-order valence-electron chi connectivity index (χ4n) is 5.08. The minimum Gasteiger partial charge on any atom is -0.493 e. The molecule has 2 aromatic heterocycles. The van der Waals surface area contributed by atoms with Crippen LogP contribution >= 0.6 is 11.6 Å². The summed E-state index contributed by atoms with van der Waals surface area (Å²) in [7, 11) is 5.83. The molecule has 0 spiro atoms. The van der Waals surface area contributed by atoms with Gasteiger partial charge < -0.3 is 14.1 Å². The SMILES string of the molecule is BC(B)(B)N(C(=O)Cn1nc(-c2cccc(Cl)c2)c2ccc(OCC3CC3)cc2c1=O)c1ccc2nc(C)oc2c1. The molecule has 2 heterocycles. The number of halogens is 1. The van der Waals surface area contributed by atoms with Gasteiger partial charge in [-0.2, -0.15) is 5.10 Å². The molecule has 0 bridgehead atoms. The van der Waals surface area contributed by atoms with Gasteiger partial charge in [-0.3, -0.25) is 9.59 Å². The highest BCUT2D eigenvalue weighted by Crippen LogP contribution is 2.32. The Morgan fingerprint density at radius 1 is 1.12 bits per heavy atom. The van der Waals surface area contributed by atoms with E-state index in [0.29, 0.717) is 62.4 Å². The van der Waals surface area contributed by atoms with Gasteiger partial charge in [-0.25, -0.2) is 9.67 Å². The number of benzene rings is 3. The highest BCUT2D eigenvalue weighted by atomic mass is 35.5. The van der Waals surface area contributed by atoms with Gasteiger partial charge in [0, 0.05) is 34.6 Å². The Balaban J connectivity index is 1.43. The van der Waals surface area contributed by atoms with E-state index in [0.717, 1.165) is 5.56 Å². The molecule has 1 saturated carbocycles. The first-order valence-electron chi connectivity index (χ1n) is 13.7. The lowest BCUT2D eigenvalue weighted by Gasteiger charge is -2.36. The van der Waals surface area contributed by atoms with Gasteiger partial charge in [-0.15, -0.1) is 0 Å². The van der Waals surface area contributed by atoms with Crippen molar-refractivity contribution in [1.82, 2.24) is 14.8 Å². The number of amides is 1. The predicted octanol–water partition coefficient (Wildman–Crippen LogP) is 2.50. The smallest absolute Gasteiger partial charge is 0.275 e. The summed E-state index contributed by atoms with van der Waals surface area (Å²) in [6.45, 7) is 2.14. The molecular formula is C29H28B3ClN4O4. The molecule has 3 aromatic carbocycles. The van der Waals surface area contributed by atoms with Crippen LogP contribution < -0.4 is 15.2 Å². The Morgan fingerprint density at radius 2 is 1.93 bits per heavy atom. The van der Waals surface area contributed by atoms with Crippen LogP contribution in [0.3, 0.4) is 0 Å². The first-order chi connectivity index (χ1) is 19.6. The monoisotopic (exact) mass is 564 g/mol. The second-order valence-electron chi connectivity index (χ2n) is 11.6. The van der Waals surface area contributed by atoms with E-state index in [-0.39, 0.29) is 18.0 Å². The minimum absolute atomic E-state index is 0.264. The highest BCUT2D eigenvalue weighted by molar-refractivity contribution is 6.62. The van der Waals surface area contributed by atoms with E-state index in [1.807, 2.05) is 59.9 Å². The molecule has 1 aliphatic carbocycles. The van der Waals surface area contributed by atoms with E-state index < -0.39 is 5.24 Å². The van der Waals surface area contributed by atoms with Crippen LogP contribution in [0.5, 0.6) is 5.75 Å². The third-order valence-corrected chi connectivity index (χ3v) is 7.39. The van der Waals surface area contributed by atoms with Gasteiger partial charge >= 0.3 is 0 Å². The molecule has 0 unspecified atom stereocenters. The zero-order valence-corrected chi connectivity index (χ0v) is 24.2. The Bertz CT molecular complexity index is 1860. The molecule has 6 rings (SSSR count). The fraction of sp³-hybridized carbons (Fsp3) is 0.241. The van der Waals surface area contributed by atoms with Gasteiger partial charge in [0.1, 0.15) is 41.3 Å². The zero-order chi connectivity index (χ0) is 28.9. The number of ether oxygens (including phenoxy) is 1. The number of rotatable bonds is 8. The van der Waals surface area contributed by atoms with Crippen molar-refractivity contribution >= 4 is 68.6 Å². The number of oxazole rings is 1. The molecule has 0 radical (unpaired) electrons. The Kier molecular flexibility index (Phi) is 6.94. The molecule has 0 atom stereocenters. The molecule has 1 fully saturated rings. The molecule has 1 aliphatic rings. The maximum Gasteiger partial charge on any atom is 0.275 e. The van der Waals surface area contributed by atoms with E-state index in [1.54, 1.807) is 36.1 Å². The molecular weight excluding hydrogens is 536 g/mol. The molecule has 0 N–H and O–H groups in total. The number of fused-ring (bicyclic) bond motifs is 2. The van der Waals surface area contributed by atoms with Gasteiger partial charge in [0.05, 0.1) is 17.7 Å². The normalized spacial score (nSPS) is 13.5. The van der Waals surface area contributed by atoms with Crippen LogP contribution in [-0.2, 0) is 11.3 Å². The minimum atomic E-state index is -0.597. The first kappa shape index (κ1) is 27.2. The largest absolute Gasteiger partial charge is 0.493 e. The lowest BCUT2D eigenvalue weighted by molar-refractivity contribution is -0.119. The van der Waals surface area contributed by atoms with Crippen molar-refractivity contribution in [1.29, 1.82) is 0 Å². The van der Waals surface area contributed by atoms with Gasteiger partial charge in [-0.05, 0) is 66.5 Å². The van der Waals surface area contributed by atoms with Gasteiger partial charge in [0.25, 0.3) is 5.56 Å². The molecule has 12 heteroatoms. The number of hydrogen-bond donors (Lipinski definition) is 0. The highest BCUT2D eigenvalue weighted by Gasteiger charge is 2.30. The summed E-state index contributed by atoms with van der Waals surface area (Å²) in [5.74, 6) is 1.45. The van der Waals surface area contributed by atoms with Crippen LogP contribution in [0.25, 0.3) is 33.1 Å². The van der Waals surface area contributed by atoms with Crippen molar-refractivity contribution in [2.45, 2.75) is 31.5 Å². The first-order valence-corrected chi connectivity index (χ1v) is 14.1. The van der Waals surface area contributed by atoms with Crippen molar-refractivity contribution < 1.29 is 13.9 Å². The van der Waals surface area contributed by atoms with Crippen molar-refractivity contribution in [3.63, 3.8) is 0 Å².